The SMILES string of the molecule is CNc1ncc(C)c(Nc2ccc(F)c(C#N)c2)n1. The molecule has 0 spiro atoms. The lowest BCUT2D eigenvalue weighted by atomic mass is 10.2. The fourth-order valence-corrected chi connectivity index (χ4v) is 1.51. The quantitative estimate of drug-likeness (QED) is 0.884. The summed E-state index contributed by atoms with van der Waals surface area (Å²) < 4.78 is 13.2. The minimum atomic E-state index is -0.539. The van der Waals surface area contributed by atoms with Crippen LogP contribution in [0.2, 0.25) is 0 Å². The average Bonchev–Trinajstić information content (AvgIpc) is 2.43. The van der Waals surface area contributed by atoms with Gasteiger partial charge in [0.1, 0.15) is 17.7 Å². The molecule has 2 N–H and O–H groups in total. The van der Waals surface area contributed by atoms with Crippen molar-refractivity contribution in [3.63, 3.8) is 0 Å². The normalized spacial score (nSPS) is 9.79. The standard InChI is InChI=1S/C13H12FN5/c1-8-7-17-13(16-2)19-12(8)18-10-3-4-11(14)9(5-10)6-15/h3-5,7H,1-2H3,(H2,16,17,18,19). The van der Waals surface area contributed by atoms with E-state index in [4.69, 9.17) is 5.26 Å². The fourth-order valence-electron chi connectivity index (χ4n) is 1.51. The van der Waals surface area contributed by atoms with Crippen molar-refractivity contribution in [3.8, 4) is 6.07 Å². The van der Waals surface area contributed by atoms with Crippen LogP contribution in [-0.4, -0.2) is 17.0 Å². The van der Waals surface area contributed by atoms with Crippen molar-refractivity contribution < 1.29 is 4.39 Å². The van der Waals surface area contributed by atoms with Crippen molar-refractivity contribution in [2.45, 2.75) is 6.92 Å². The Labute approximate surface area is 110 Å². The van der Waals surface area contributed by atoms with Crippen LogP contribution in [-0.2, 0) is 0 Å². The Kier molecular flexibility index (Phi) is 3.57. The van der Waals surface area contributed by atoms with Gasteiger partial charge >= 0.3 is 0 Å². The molecule has 0 aliphatic heterocycles. The van der Waals surface area contributed by atoms with Crippen LogP contribution in [0.5, 0.6) is 0 Å². The van der Waals surface area contributed by atoms with Gasteiger partial charge < -0.3 is 10.6 Å². The summed E-state index contributed by atoms with van der Waals surface area (Å²) in [7, 11) is 1.72. The predicted octanol–water partition coefficient (Wildman–Crippen LogP) is 2.58. The van der Waals surface area contributed by atoms with Crippen LogP contribution in [0.1, 0.15) is 11.1 Å². The smallest absolute Gasteiger partial charge is 0.224 e. The molecule has 0 aliphatic rings. The molecular formula is C13H12FN5. The lowest BCUT2D eigenvalue weighted by Crippen LogP contribution is -2.02. The maximum Gasteiger partial charge on any atom is 0.224 e. The van der Waals surface area contributed by atoms with Crippen LogP contribution in [0.4, 0.5) is 21.8 Å². The summed E-state index contributed by atoms with van der Waals surface area (Å²) in [6, 6.07) is 6.04. The molecule has 19 heavy (non-hydrogen) atoms. The van der Waals surface area contributed by atoms with Crippen LogP contribution < -0.4 is 10.6 Å². The van der Waals surface area contributed by atoms with Crippen LogP contribution >= 0.6 is 0 Å². The van der Waals surface area contributed by atoms with Crippen LogP contribution in [0.3, 0.4) is 0 Å². The van der Waals surface area contributed by atoms with E-state index in [1.807, 2.05) is 6.92 Å². The van der Waals surface area contributed by atoms with Crippen molar-refractivity contribution in [1.82, 2.24) is 9.97 Å². The Hall–Kier alpha value is -2.68. The molecule has 0 radical (unpaired) electrons. The first-order chi connectivity index (χ1) is 9.13. The second-order valence-corrected chi connectivity index (χ2v) is 3.91. The van der Waals surface area contributed by atoms with Crippen molar-refractivity contribution in [1.29, 1.82) is 5.26 Å². The van der Waals surface area contributed by atoms with E-state index >= 15 is 0 Å². The molecule has 0 bridgehead atoms. The second kappa shape index (κ2) is 5.31. The maximum absolute atomic E-state index is 13.2. The molecule has 0 fully saturated rings. The van der Waals surface area contributed by atoms with E-state index in [9.17, 15) is 4.39 Å². The third-order valence-electron chi connectivity index (χ3n) is 2.54. The van der Waals surface area contributed by atoms with Gasteiger partial charge in [0, 0.05) is 24.5 Å². The van der Waals surface area contributed by atoms with E-state index in [0.29, 0.717) is 17.5 Å². The first kappa shape index (κ1) is 12.8. The maximum atomic E-state index is 13.2. The topological polar surface area (TPSA) is 73.6 Å². The van der Waals surface area contributed by atoms with Gasteiger partial charge in [-0.05, 0) is 25.1 Å². The molecule has 1 heterocycles. The van der Waals surface area contributed by atoms with Crippen molar-refractivity contribution >= 4 is 17.5 Å². The summed E-state index contributed by atoms with van der Waals surface area (Å²) in [6.45, 7) is 1.86. The van der Waals surface area contributed by atoms with Gasteiger partial charge in [-0.3, -0.25) is 0 Å². The second-order valence-electron chi connectivity index (χ2n) is 3.91. The van der Waals surface area contributed by atoms with E-state index in [1.165, 1.54) is 12.1 Å². The third-order valence-corrected chi connectivity index (χ3v) is 2.54. The van der Waals surface area contributed by atoms with Gasteiger partial charge in [0.05, 0.1) is 5.56 Å². The summed E-state index contributed by atoms with van der Waals surface area (Å²) in [6.07, 6.45) is 1.68. The number of rotatable bonds is 3. The first-order valence-electron chi connectivity index (χ1n) is 5.62. The van der Waals surface area contributed by atoms with Crippen LogP contribution in [0.15, 0.2) is 24.4 Å². The molecule has 0 atom stereocenters. The molecule has 0 unspecified atom stereocenters. The molecule has 2 rings (SSSR count). The Balaban J connectivity index is 2.33. The summed E-state index contributed by atoms with van der Waals surface area (Å²) in [4.78, 5) is 8.33. The van der Waals surface area contributed by atoms with E-state index in [1.54, 1.807) is 25.4 Å². The molecule has 0 saturated carbocycles. The number of halogens is 1. The number of anilines is 3. The van der Waals surface area contributed by atoms with Gasteiger partial charge in [0.25, 0.3) is 0 Å². The predicted molar refractivity (Wildman–Crippen MR) is 70.7 cm³/mol. The number of aryl methyl sites for hydroxylation is 1. The van der Waals surface area contributed by atoms with Gasteiger partial charge in [-0.25, -0.2) is 9.37 Å². The zero-order valence-electron chi connectivity index (χ0n) is 10.5. The summed E-state index contributed by atoms with van der Waals surface area (Å²) in [5.41, 5.74) is 1.44. The summed E-state index contributed by atoms with van der Waals surface area (Å²) in [5, 5.41) is 14.7. The van der Waals surface area contributed by atoms with Gasteiger partial charge in [0.15, 0.2) is 0 Å². The Bertz CT molecular complexity index is 648. The molecular weight excluding hydrogens is 245 g/mol. The summed E-state index contributed by atoms with van der Waals surface area (Å²) in [5.74, 6) is 0.550. The van der Waals surface area contributed by atoms with E-state index < -0.39 is 5.82 Å². The molecule has 5 nitrogen and oxygen atoms in total. The molecule has 0 amide bonds. The lowest BCUT2D eigenvalue weighted by Gasteiger charge is -2.10. The molecule has 0 saturated heterocycles. The first-order valence-corrected chi connectivity index (χ1v) is 5.62. The molecule has 0 aliphatic carbocycles. The Morgan fingerprint density at radius 1 is 1.37 bits per heavy atom. The van der Waals surface area contributed by atoms with Gasteiger partial charge in [-0.15, -0.1) is 0 Å². The number of nitrogens with zero attached hydrogens (tertiary/aromatic N) is 3. The van der Waals surface area contributed by atoms with Crippen molar-refractivity contribution in [2.24, 2.45) is 0 Å². The van der Waals surface area contributed by atoms with Gasteiger partial charge in [-0.1, -0.05) is 0 Å². The highest BCUT2D eigenvalue weighted by molar-refractivity contribution is 5.61. The molecule has 1 aromatic heterocycles. The molecule has 6 heteroatoms. The number of hydrogen-bond donors (Lipinski definition) is 2. The summed E-state index contributed by atoms with van der Waals surface area (Å²) >= 11 is 0. The molecule has 2 aromatic rings. The van der Waals surface area contributed by atoms with Gasteiger partial charge in [0.2, 0.25) is 5.95 Å². The zero-order chi connectivity index (χ0) is 13.8. The third kappa shape index (κ3) is 2.77. The molecule has 96 valence electrons. The van der Waals surface area contributed by atoms with Gasteiger partial charge in [-0.2, -0.15) is 10.2 Å². The van der Waals surface area contributed by atoms with E-state index in [2.05, 4.69) is 20.6 Å². The highest BCUT2D eigenvalue weighted by Gasteiger charge is 2.06. The lowest BCUT2D eigenvalue weighted by molar-refractivity contribution is 0.624. The Morgan fingerprint density at radius 3 is 2.84 bits per heavy atom. The van der Waals surface area contributed by atoms with Crippen molar-refractivity contribution in [3.05, 3.63) is 41.3 Å². The van der Waals surface area contributed by atoms with Crippen LogP contribution in [0.25, 0.3) is 0 Å². The highest BCUT2D eigenvalue weighted by atomic mass is 19.1. The average molecular weight is 257 g/mol. The fraction of sp³-hybridized carbons (Fsp3) is 0.154. The van der Waals surface area contributed by atoms with Crippen LogP contribution in [0, 0.1) is 24.1 Å². The number of benzene rings is 1. The monoisotopic (exact) mass is 257 g/mol. The largest absolute Gasteiger partial charge is 0.357 e. The Morgan fingerprint density at radius 2 is 2.16 bits per heavy atom. The minimum absolute atomic E-state index is 0.00875. The van der Waals surface area contributed by atoms with E-state index in [-0.39, 0.29) is 5.56 Å². The number of aromatic nitrogens is 2. The highest BCUT2D eigenvalue weighted by Crippen LogP contribution is 2.21. The molecule has 1 aromatic carbocycles. The number of hydrogen-bond acceptors (Lipinski definition) is 5. The number of nitriles is 1. The minimum Gasteiger partial charge on any atom is -0.357 e. The number of nitrogens with one attached hydrogen (secondary N) is 2. The van der Waals surface area contributed by atoms with E-state index in [0.717, 1.165) is 5.56 Å². The van der Waals surface area contributed by atoms with Crippen molar-refractivity contribution in [2.75, 3.05) is 17.7 Å². The zero-order valence-corrected chi connectivity index (χ0v) is 10.5.